The molecule has 3 N–H and O–H groups in total. The molecule has 0 bridgehead atoms. The zero-order valence-corrected chi connectivity index (χ0v) is 25.1. The minimum atomic E-state index is -3.98. The van der Waals surface area contributed by atoms with Crippen LogP contribution in [-0.4, -0.2) is 56.0 Å². The summed E-state index contributed by atoms with van der Waals surface area (Å²) in [6.07, 6.45) is 0.524. The standard InChI is InChI=1S/C33H33F2N3O6S/c34-26-9-7-25(8-10-26)22-38(31(33(41)36-19-4-20-39)21-24-5-2-1-3-6-24)32(40)23-44-29-15-17-30(18-16-29)45(42,43)37-28-13-11-27(35)12-14-28/h1-3,5-18,31,37,39H,4,19-23H2,(H,36,41)/t31-/m0/s1. The van der Waals surface area contributed by atoms with E-state index in [1.165, 1.54) is 65.6 Å². The summed E-state index contributed by atoms with van der Waals surface area (Å²) in [7, 11) is -3.98. The number of sulfonamides is 1. The number of carbonyl (C=O) groups is 2. The molecule has 0 aromatic heterocycles. The number of aliphatic hydroxyl groups excluding tert-OH is 1. The average Bonchev–Trinajstić information content (AvgIpc) is 3.04. The highest BCUT2D eigenvalue weighted by Crippen LogP contribution is 2.21. The lowest BCUT2D eigenvalue weighted by molar-refractivity contribution is -0.142. The molecule has 1 atom stereocenters. The van der Waals surface area contributed by atoms with Gasteiger partial charge in [-0.3, -0.25) is 14.3 Å². The van der Waals surface area contributed by atoms with Crippen molar-refractivity contribution in [1.29, 1.82) is 0 Å². The fraction of sp³-hybridized carbons (Fsp3) is 0.212. The van der Waals surface area contributed by atoms with Crippen molar-refractivity contribution in [1.82, 2.24) is 10.2 Å². The SMILES string of the molecule is O=C(NCCCO)[C@H](Cc1ccccc1)N(Cc1ccc(F)cc1)C(=O)COc1ccc(S(=O)(=O)Nc2ccc(F)cc2)cc1. The van der Waals surface area contributed by atoms with E-state index < -0.39 is 46.1 Å². The van der Waals surface area contributed by atoms with Gasteiger partial charge in [-0.25, -0.2) is 17.2 Å². The summed E-state index contributed by atoms with van der Waals surface area (Å²) in [6, 6.07) is 24.0. The molecule has 0 aliphatic heterocycles. The Balaban J connectivity index is 1.52. The first kappa shape index (κ1) is 33.1. The zero-order chi connectivity index (χ0) is 32.2. The van der Waals surface area contributed by atoms with Crippen LogP contribution in [0, 0.1) is 11.6 Å². The Morgan fingerprint density at radius 2 is 1.44 bits per heavy atom. The molecular formula is C33H33F2N3O6S. The quantitative estimate of drug-likeness (QED) is 0.167. The van der Waals surface area contributed by atoms with Gasteiger partial charge in [-0.2, -0.15) is 0 Å². The van der Waals surface area contributed by atoms with Crippen LogP contribution in [0.1, 0.15) is 17.5 Å². The van der Waals surface area contributed by atoms with Crippen LogP contribution in [0.25, 0.3) is 0 Å². The number of aliphatic hydroxyl groups is 1. The Kier molecular flexibility index (Phi) is 11.6. The first-order chi connectivity index (χ1) is 21.6. The monoisotopic (exact) mass is 637 g/mol. The van der Waals surface area contributed by atoms with Gasteiger partial charge >= 0.3 is 0 Å². The molecule has 0 fully saturated rings. The largest absolute Gasteiger partial charge is 0.484 e. The van der Waals surface area contributed by atoms with E-state index in [9.17, 15) is 31.9 Å². The number of hydrogen-bond donors (Lipinski definition) is 3. The van der Waals surface area contributed by atoms with Gasteiger partial charge in [0.25, 0.3) is 15.9 Å². The third-order valence-corrected chi connectivity index (χ3v) is 8.16. The molecule has 0 saturated carbocycles. The maximum atomic E-state index is 13.7. The second-order valence-corrected chi connectivity index (χ2v) is 11.8. The van der Waals surface area contributed by atoms with Gasteiger partial charge in [0.15, 0.2) is 6.61 Å². The Morgan fingerprint density at radius 3 is 2.07 bits per heavy atom. The zero-order valence-electron chi connectivity index (χ0n) is 24.2. The van der Waals surface area contributed by atoms with Crippen LogP contribution < -0.4 is 14.8 Å². The van der Waals surface area contributed by atoms with Gasteiger partial charge in [-0.05, 0) is 78.2 Å². The number of ether oxygens (including phenoxy) is 1. The molecule has 2 amide bonds. The normalized spacial score (nSPS) is 11.8. The molecule has 9 nitrogen and oxygen atoms in total. The number of halogens is 2. The van der Waals surface area contributed by atoms with Gasteiger partial charge in [-0.15, -0.1) is 0 Å². The molecule has 4 rings (SSSR count). The van der Waals surface area contributed by atoms with Crippen LogP contribution in [-0.2, 0) is 32.6 Å². The third kappa shape index (κ3) is 9.85. The van der Waals surface area contributed by atoms with Crippen LogP contribution >= 0.6 is 0 Å². The van der Waals surface area contributed by atoms with Crippen molar-refractivity contribution in [3.63, 3.8) is 0 Å². The van der Waals surface area contributed by atoms with Crippen molar-refractivity contribution in [2.75, 3.05) is 24.5 Å². The lowest BCUT2D eigenvalue weighted by atomic mass is 10.0. The summed E-state index contributed by atoms with van der Waals surface area (Å²) in [5, 5.41) is 11.9. The molecule has 0 radical (unpaired) electrons. The van der Waals surface area contributed by atoms with Crippen LogP contribution in [0.2, 0.25) is 0 Å². The van der Waals surface area contributed by atoms with Crippen LogP contribution in [0.5, 0.6) is 5.75 Å². The lowest BCUT2D eigenvalue weighted by Crippen LogP contribution is -2.51. The Bertz CT molecular complexity index is 1650. The van der Waals surface area contributed by atoms with Crippen LogP contribution in [0.15, 0.2) is 108 Å². The Hall–Kier alpha value is -4.81. The minimum absolute atomic E-state index is 0.0143. The van der Waals surface area contributed by atoms with Crippen molar-refractivity contribution in [3.8, 4) is 5.75 Å². The number of benzene rings is 4. The fourth-order valence-corrected chi connectivity index (χ4v) is 5.48. The maximum Gasteiger partial charge on any atom is 0.261 e. The molecule has 0 aliphatic carbocycles. The van der Waals surface area contributed by atoms with E-state index in [1.807, 2.05) is 30.3 Å². The Morgan fingerprint density at radius 1 is 0.822 bits per heavy atom. The second kappa shape index (κ2) is 15.8. The number of nitrogens with zero attached hydrogens (tertiary/aromatic N) is 1. The molecule has 4 aromatic carbocycles. The smallest absolute Gasteiger partial charge is 0.261 e. The van der Waals surface area contributed by atoms with Crippen molar-refractivity contribution >= 4 is 27.5 Å². The van der Waals surface area contributed by atoms with Gasteiger partial charge in [0.2, 0.25) is 5.91 Å². The summed E-state index contributed by atoms with van der Waals surface area (Å²) >= 11 is 0. The number of anilines is 1. The average molecular weight is 638 g/mol. The molecular weight excluding hydrogens is 604 g/mol. The third-order valence-electron chi connectivity index (χ3n) is 6.76. The van der Waals surface area contributed by atoms with Crippen molar-refractivity contribution < 1.29 is 36.6 Å². The topological polar surface area (TPSA) is 125 Å². The van der Waals surface area contributed by atoms with Gasteiger partial charge in [0.05, 0.1) is 4.90 Å². The maximum absolute atomic E-state index is 13.7. The van der Waals surface area contributed by atoms with E-state index in [1.54, 1.807) is 0 Å². The number of amides is 2. The predicted octanol–water partition coefficient (Wildman–Crippen LogP) is 4.28. The van der Waals surface area contributed by atoms with Gasteiger partial charge in [0.1, 0.15) is 23.4 Å². The number of nitrogens with one attached hydrogen (secondary N) is 2. The van der Waals surface area contributed by atoms with Crippen molar-refractivity contribution in [2.24, 2.45) is 0 Å². The van der Waals surface area contributed by atoms with Crippen LogP contribution in [0.4, 0.5) is 14.5 Å². The van der Waals surface area contributed by atoms with Crippen LogP contribution in [0.3, 0.4) is 0 Å². The molecule has 0 aliphatic rings. The summed E-state index contributed by atoms with van der Waals surface area (Å²) in [6.45, 7) is -0.394. The highest BCUT2D eigenvalue weighted by Gasteiger charge is 2.30. The van der Waals surface area contributed by atoms with E-state index in [-0.39, 0.29) is 42.4 Å². The highest BCUT2D eigenvalue weighted by atomic mass is 32.2. The summed E-state index contributed by atoms with van der Waals surface area (Å²) in [5.74, 6) is -1.70. The van der Waals surface area contributed by atoms with Gasteiger partial charge < -0.3 is 20.1 Å². The summed E-state index contributed by atoms with van der Waals surface area (Å²) in [4.78, 5) is 28.4. The predicted molar refractivity (Wildman–Crippen MR) is 165 cm³/mol. The Labute approximate surface area is 260 Å². The van der Waals surface area contributed by atoms with Gasteiger partial charge in [-0.1, -0.05) is 42.5 Å². The van der Waals surface area contributed by atoms with Crippen molar-refractivity contribution in [2.45, 2.75) is 30.3 Å². The molecule has 45 heavy (non-hydrogen) atoms. The highest BCUT2D eigenvalue weighted by molar-refractivity contribution is 7.92. The first-order valence-electron chi connectivity index (χ1n) is 14.1. The van der Waals surface area contributed by atoms with Gasteiger partial charge in [0, 0.05) is 31.8 Å². The minimum Gasteiger partial charge on any atom is -0.484 e. The second-order valence-electron chi connectivity index (χ2n) is 10.1. The van der Waals surface area contributed by atoms with E-state index in [0.29, 0.717) is 12.0 Å². The van der Waals surface area contributed by atoms with E-state index in [4.69, 9.17) is 4.74 Å². The molecule has 0 unspecified atom stereocenters. The molecule has 0 saturated heterocycles. The summed E-state index contributed by atoms with van der Waals surface area (Å²) in [5.41, 5.74) is 1.59. The molecule has 0 spiro atoms. The molecule has 4 aromatic rings. The van der Waals surface area contributed by atoms with E-state index in [2.05, 4.69) is 10.0 Å². The van der Waals surface area contributed by atoms with Crippen molar-refractivity contribution in [3.05, 3.63) is 126 Å². The molecule has 12 heteroatoms. The van der Waals surface area contributed by atoms with E-state index >= 15 is 0 Å². The fourth-order valence-electron chi connectivity index (χ4n) is 4.42. The molecule has 236 valence electrons. The van der Waals surface area contributed by atoms with E-state index in [0.717, 1.165) is 17.7 Å². The number of carbonyl (C=O) groups excluding carboxylic acids is 2. The molecule has 0 heterocycles. The lowest BCUT2D eigenvalue weighted by Gasteiger charge is -2.31. The summed E-state index contributed by atoms with van der Waals surface area (Å²) < 4.78 is 60.4. The number of rotatable bonds is 15. The number of hydrogen-bond acceptors (Lipinski definition) is 6. The first-order valence-corrected chi connectivity index (χ1v) is 15.6.